The molecule has 7 heterocycles. The third-order valence-corrected chi connectivity index (χ3v) is 17.3. The molecule has 0 aliphatic heterocycles. The molecule has 0 aliphatic carbocycles. The van der Waals surface area contributed by atoms with Crippen LogP contribution in [0.25, 0.3) is 0 Å². The first-order valence-electron chi connectivity index (χ1n) is 35.0. The number of nitrogens with zero attached hydrogens (tertiary/aromatic N) is 7. The first kappa shape index (κ1) is 81.8. The summed E-state index contributed by atoms with van der Waals surface area (Å²) in [5.41, 5.74) is 5.66. The number of nitrogens with one attached hydrogen (secondary N) is 5. The first-order valence-corrected chi connectivity index (χ1v) is 37.1. The van der Waals surface area contributed by atoms with Gasteiger partial charge in [-0.1, -0.05) is 66.1 Å². The van der Waals surface area contributed by atoms with Crippen LogP contribution in [0.4, 0.5) is 37.2 Å². The van der Waals surface area contributed by atoms with Crippen LogP contribution in [0.3, 0.4) is 0 Å². The predicted octanol–water partition coefficient (Wildman–Crippen LogP) is 21.4. The van der Waals surface area contributed by atoms with Gasteiger partial charge in [-0.2, -0.15) is 0 Å². The molecule has 27 heteroatoms. The minimum atomic E-state index is -0.639. The average molecular weight is 1600 g/mol. The summed E-state index contributed by atoms with van der Waals surface area (Å²) in [6.07, 6.45) is 21.7. The van der Waals surface area contributed by atoms with Crippen molar-refractivity contribution in [2.24, 2.45) is 0 Å². The van der Waals surface area contributed by atoms with E-state index in [1.165, 1.54) is 40.9 Å². The Morgan fingerprint density at radius 3 is 1.14 bits per heavy atom. The molecular weight excluding hydrogens is 1530 g/mol. The number of hydrogen-bond acceptors (Lipinski definition) is 19. The van der Waals surface area contributed by atoms with Crippen LogP contribution in [-0.2, 0) is 0 Å². The van der Waals surface area contributed by atoms with E-state index in [-0.39, 0.29) is 33.9 Å². The maximum absolute atomic E-state index is 14.0. The van der Waals surface area contributed by atoms with Gasteiger partial charge in [-0.3, -0.25) is 48.9 Å². The van der Waals surface area contributed by atoms with Gasteiger partial charge < -0.3 is 50.3 Å². The lowest BCUT2D eigenvalue weighted by Gasteiger charge is -2.10. The Morgan fingerprint density at radius 2 is 0.759 bits per heavy atom. The Morgan fingerprint density at radius 1 is 0.379 bits per heavy atom. The van der Waals surface area contributed by atoms with Crippen LogP contribution in [0.2, 0.25) is 5.02 Å². The van der Waals surface area contributed by atoms with Gasteiger partial charge >= 0.3 is 0 Å². The van der Waals surface area contributed by atoms with Crippen molar-refractivity contribution in [1.29, 1.82) is 0 Å². The SMILES string of the molecule is C#Cc1cccc(C(=O)Nc2cccc(Oc3cccnc3)c2)c1.Cc1cccc(C(=O)Nc2cccc(Oc3cccnc3)c2)c1F.Cc1csc(C(=O)Nc2cccc(Oc3cccnc3)c2)n1.Cc1nc(C(=O)Nc2cccc(Oc3cccnc3)c2)cs1.O=C(Nc1cccc(Oc2cccnc2)c1)c1cc(Cl)ccc1F. The van der Waals surface area contributed by atoms with Crippen LogP contribution in [0.5, 0.6) is 57.5 Å². The van der Waals surface area contributed by atoms with E-state index in [1.807, 2.05) is 67.8 Å². The summed E-state index contributed by atoms with van der Waals surface area (Å²) in [4.78, 5) is 89.2. The van der Waals surface area contributed by atoms with Crippen molar-refractivity contribution in [1.82, 2.24) is 34.9 Å². The number of terminal acetylenes is 1. The molecule has 0 spiro atoms. The van der Waals surface area contributed by atoms with Crippen molar-refractivity contribution in [3.63, 3.8) is 0 Å². The average Bonchev–Trinajstić information content (AvgIpc) is 1.28. The van der Waals surface area contributed by atoms with Gasteiger partial charge in [0.1, 0.15) is 74.8 Å². The minimum absolute atomic E-state index is 0.00795. The largest absolute Gasteiger partial charge is 0.456 e. The number of amides is 5. The molecule has 0 saturated carbocycles. The summed E-state index contributed by atoms with van der Waals surface area (Å²) in [5.74, 6) is 5.57. The Kier molecular flexibility index (Phi) is 29.4. The number of benzene rings is 8. The zero-order valence-corrected chi connectivity index (χ0v) is 64.2. The van der Waals surface area contributed by atoms with E-state index >= 15 is 0 Å². The molecule has 0 radical (unpaired) electrons. The zero-order chi connectivity index (χ0) is 81.4. The van der Waals surface area contributed by atoms with Gasteiger partial charge in [0.05, 0.1) is 47.1 Å². The summed E-state index contributed by atoms with van der Waals surface area (Å²) >= 11 is 8.57. The monoisotopic (exact) mass is 1600 g/mol. The van der Waals surface area contributed by atoms with E-state index in [2.05, 4.69) is 67.4 Å². The highest BCUT2D eigenvalue weighted by Gasteiger charge is 2.18. The molecule has 8 aromatic carbocycles. The van der Waals surface area contributed by atoms with Gasteiger partial charge in [0.25, 0.3) is 29.5 Å². The van der Waals surface area contributed by atoms with Gasteiger partial charge in [-0.05, 0) is 190 Å². The van der Waals surface area contributed by atoms with E-state index in [0.29, 0.717) is 113 Å². The van der Waals surface area contributed by atoms with Crippen LogP contribution >= 0.6 is 34.3 Å². The number of halogens is 3. The maximum atomic E-state index is 14.0. The fourth-order valence-electron chi connectivity index (χ4n) is 10.1. The van der Waals surface area contributed by atoms with Gasteiger partial charge in [-0.15, -0.1) is 29.1 Å². The molecular formula is C89H67ClF2N12O10S2. The lowest BCUT2D eigenvalue weighted by molar-refractivity contribution is 0.101. The third-order valence-electron chi connectivity index (χ3n) is 15.4. The number of rotatable bonds is 20. The Balaban J connectivity index is 0.000000143. The molecule has 15 rings (SSSR count). The minimum Gasteiger partial charge on any atom is -0.456 e. The highest BCUT2D eigenvalue weighted by atomic mass is 35.5. The van der Waals surface area contributed by atoms with Crippen molar-refractivity contribution in [3.05, 3.63) is 381 Å². The number of ether oxygens (including phenoxy) is 5. The fourth-order valence-corrected chi connectivity index (χ4v) is 11.5. The summed E-state index contributed by atoms with van der Waals surface area (Å²) < 4.78 is 56.1. The Bertz CT molecular complexity index is 5650. The van der Waals surface area contributed by atoms with Crippen LogP contribution in [0, 0.1) is 44.7 Å². The van der Waals surface area contributed by atoms with Crippen molar-refractivity contribution in [3.8, 4) is 69.8 Å². The van der Waals surface area contributed by atoms with Crippen LogP contribution in [-0.4, -0.2) is 64.4 Å². The molecule has 22 nitrogen and oxygen atoms in total. The lowest BCUT2D eigenvalue weighted by atomic mass is 10.1. The highest BCUT2D eigenvalue weighted by molar-refractivity contribution is 7.11. The number of thiazole rings is 2. The normalized spacial score (nSPS) is 10.1. The quantitative estimate of drug-likeness (QED) is 0.0443. The van der Waals surface area contributed by atoms with E-state index in [4.69, 9.17) is 41.7 Å². The number of carbonyl (C=O) groups excluding carboxylic acids is 5. The second-order valence-electron chi connectivity index (χ2n) is 24.2. The molecule has 116 heavy (non-hydrogen) atoms. The highest BCUT2D eigenvalue weighted by Crippen LogP contribution is 2.31. The van der Waals surface area contributed by atoms with Gasteiger partial charge in [0.2, 0.25) is 0 Å². The number of pyridine rings is 5. The molecule has 0 fully saturated rings. The molecule has 0 aliphatic rings. The second-order valence-corrected chi connectivity index (χ2v) is 26.6. The van der Waals surface area contributed by atoms with Gasteiger partial charge in [0.15, 0.2) is 5.01 Å². The van der Waals surface area contributed by atoms with E-state index in [9.17, 15) is 32.8 Å². The van der Waals surface area contributed by atoms with Crippen LogP contribution in [0.15, 0.2) is 315 Å². The zero-order valence-electron chi connectivity index (χ0n) is 61.8. The molecule has 15 aromatic rings. The maximum Gasteiger partial charge on any atom is 0.284 e. The van der Waals surface area contributed by atoms with Crippen LogP contribution in [0.1, 0.15) is 73.2 Å². The Labute approximate surface area is 677 Å². The number of hydrogen-bond donors (Lipinski definition) is 5. The Hall–Kier alpha value is -15.2. The number of aryl methyl sites for hydroxylation is 3. The van der Waals surface area contributed by atoms with E-state index in [0.717, 1.165) is 16.8 Å². The second kappa shape index (κ2) is 41.7. The van der Waals surface area contributed by atoms with Gasteiger partial charge in [0, 0.05) is 122 Å². The van der Waals surface area contributed by atoms with Gasteiger partial charge in [-0.25, -0.2) is 18.7 Å². The molecule has 576 valence electrons. The summed E-state index contributed by atoms with van der Waals surface area (Å²) in [5, 5.41) is 18.9. The molecule has 0 unspecified atom stereocenters. The topological polar surface area (TPSA) is 282 Å². The molecule has 7 aromatic heterocycles. The predicted molar refractivity (Wildman–Crippen MR) is 444 cm³/mol. The first-order chi connectivity index (χ1) is 56.4. The van der Waals surface area contributed by atoms with Crippen molar-refractivity contribution in [2.45, 2.75) is 20.8 Å². The molecule has 5 N–H and O–H groups in total. The fraction of sp³-hybridized carbons (Fsp3) is 0.0337. The number of anilines is 5. The van der Waals surface area contributed by atoms with Crippen molar-refractivity contribution in [2.75, 3.05) is 26.6 Å². The molecule has 0 atom stereocenters. The number of aromatic nitrogens is 7. The van der Waals surface area contributed by atoms with E-state index < -0.39 is 23.4 Å². The lowest BCUT2D eigenvalue weighted by Crippen LogP contribution is -2.14. The summed E-state index contributed by atoms with van der Waals surface area (Å²) in [7, 11) is 0. The summed E-state index contributed by atoms with van der Waals surface area (Å²) in [6.45, 7) is 5.34. The van der Waals surface area contributed by atoms with E-state index in [1.54, 1.807) is 244 Å². The van der Waals surface area contributed by atoms with Crippen molar-refractivity contribution < 1.29 is 56.4 Å². The third kappa shape index (κ3) is 25.7. The van der Waals surface area contributed by atoms with Crippen LogP contribution < -0.4 is 50.3 Å². The molecule has 0 bridgehead atoms. The smallest absolute Gasteiger partial charge is 0.284 e. The van der Waals surface area contributed by atoms with Crippen molar-refractivity contribution >= 4 is 92.2 Å². The molecule has 5 amide bonds. The number of carbonyl (C=O) groups is 5. The molecule has 0 saturated heterocycles. The standard InChI is InChI=1S/C20H14N2O2.C19H15FN2O2.C18H12ClFN2O2.2C16H13N3O2S/c1-2-15-6-3-7-16(12-15)20(23)22-17-8-4-9-18(13-17)24-19-10-5-11-21-14-19;1-13-5-2-9-17(18(13)20)19(23)22-14-6-3-7-15(11-14)24-16-8-4-10-21-12-16;19-12-6-7-17(20)16(9-12)18(23)22-13-3-1-4-14(10-13)24-15-5-2-8-21-11-15;1-11-18-15(10-22-11)16(20)19-12-4-2-5-13(8-12)21-14-6-3-7-17-9-14;1-11-10-22-16(18-11)15(20)19-12-4-2-5-13(8-12)21-14-6-3-7-17-9-14/h1,3-14H,(H,22,23);2-12H,1H3,(H,22,23);1-11H,(H,22,23);2*2-10H,1H3,(H,19,20). The summed E-state index contributed by atoms with van der Waals surface area (Å²) in [6, 6.07) is 68.5.